The lowest BCUT2D eigenvalue weighted by Gasteiger charge is -2.05. The zero-order valence-corrected chi connectivity index (χ0v) is 11.3. The second-order valence-corrected chi connectivity index (χ2v) is 5.47. The summed E-state index contributed by atoms with van der Waals surface area (Å²) in [5.74, 6) is 0. The first-order valence-electron chi connectivity index (χ1n) is 6.14. The molecule has 17 heavy (non-hydrogen) atoms. The van der Waals surface area contributed by atoms with Gasteiger partial charge in [-0.1, -0.05) is 34.5 Å². The summed E-state index contributed by atoms with van der Waals surface area (Å²) in [7, 11) is 0. The Labute approximate surface area is 110 Å². The first-order valence-corrected chi connectivity index (χ1v) is 6.94. The fourth-order valence-electron chi connectivity index (χ4n) is 2.49. The summed E-state index contributed by atoms with van der Waals surface area (Å²) in [5, 5.41) is 0. The summed E-state index contributed by atoms with van der Waals surface area (Å²) < 4.78 is 3.44. The van der Waals surface area contributed by atoms with Crippen LogP contribution in [0.25, 0.3) is 11.3 Å². The molecular formula is C14H15BrN2. The van der Waals surface area contributed by atoms with Gasteiger partial charge in [0, 0.05) is 22.3 Å². The maximum absolute atomic E-state index is 4.59. The van der Waals surface area contributed by atoms with Crippen molar-refractivity contribution in [3.05, 3.63) is 40.8 Å². The van der Waals surface area contributed by atoms with Crippen molar-refractivity contribution in [2.45, 2.75) is 32.2 Å². The van der Waals surface area contributed by atoms with Crippen LogP contribution >= 0.6 is 15.9 Å². The topological polar surface area (TPSA) is 17.8 Å². The molecule has 1 aliphatic rings. The lowest BCUT2D eigenvalue weighted by atomic mass is 10.1. The van der Waals surface area contributed by atoms with Crippen molar-refractivity contribution in [2.75, 3.05) is 0 Å². The molecule has 0 spiro atoms. The van der Waals surface area contributed by atoms with Crippen LogP contribution in [0, 0.1) is 0 Å². The summed E-state index contributed by atoms with van der Waals surface area (Å²) in [6, 6.07) is 8.41. The Kier molecular flexibility index (Phi) is 3.02. The fourth-order valence-corrected chi connectivity index (χ4v) is 2.89. The number of hydrogen-bond acceptors (Lipinski definition) is 1. The zero-order chi connectivity index (χ0) is 11.7. The minimum atomic E-state index is 1.12. The molecule has 0 amide bonds. The molecule has 0 fully saturated rings. The Morgan fingerprint density at radius 3 is 3.00 bits per heavy atom. The molecule has 2 heterocycles. The molecule has 1 aliphatic heterocycles. The minimum Gasteiger partial charge on any atom is -0.334 e. The van der Waals surface area contributed by atoms with E-state index < -0.39 is 0 Å². The highest BCUT2D eigenvalue weighted by atomic mass is 79.9. The Morgan fingerprint density at radius 1 is 1.18 bits per heavy atom. The molecule has 0 atom stereocenters. The number of nitrogens with zero attached hydrogens (tertiary/aromatic N) is 2. The molecule has 0 bridgehead atoms. The second-order valence-electron chi connectivity index (χ2n) is 4.55. The molecule has 1 aromatic heterocycles. The molecule has 0 N–H and O–H groups in total. The van der Waals surface area contributed by atoms with E-state index in [0.29, 0.717) is 0 Å². The number of hydrogen-bond donors (Lipinski definition) is 0. The zero-order valence-electron chi connectivity index (χ0n) is 9.69. The van der Waals surface area contributed by atoms with Gasteiger partial charge in [-0.15, -0.1) is 0 Å². The third kappa shape index (κ3) is 2.16. The summed E-state index contributed by atoms with van der Waals surface area (Å²) in [6.45, 7) is 1.12. The predicted octanol–water partition coefficient (Wildman–Crippen LogP) is 4.04. The van der Waals surface area contributed by atoms with Crippen LogP contribution in [-0.2, 0) is 13.0 Å². The van der Waals surface area contributed by atoms with Crippen LogP contribution in [0.4, 0.5) is 0 Å². The number of aromatic nitrogens is 2. The molecule has 88 valence electrons. The first-order chi connectivity index (χ1) is 8.34. The van der Waals surface area contributed by atoms with Crippen molar-refractivity contribution in [1.82, 2.24) is 9.55 Å². The van der Waals surface area contributed by atoms with Crippen LogP contribution in [0.15, 0.2) is 35.1 Å². The van der Waals surface area contributed by atoms with Crippen molar-refractivity contribution >= 4 is 15.9 Å². The molecule has 3 rings (SSSR count). The summed E-state index contributed by atoms with van der Waals surface area (Å²) in [6.07, 6.45) is 7.05. The van der Waals surface area contributed by atoms with Gasteiger partial charge in [-0.25, -0.2) is 4.98 Å². The molecule has 2 aromatic rings. The first kappa shape index (κ1) is 11.0. The molecule has 1 aromatic carbocycles. The third-order valence-corrected chi connectivity index (χ3v) is 3.85. The quantitative estimate of drug-likeness (QED) is 0.775. The minimum absolute atomic E-state index is 1.12. The molecular weight excluding hydrogens is 276 g/mol. The number of benzene rings is 1. The highest BCUT2D eigenvalue weighted by molar-refractivity contribution is 9.10. The Morgan fingerprint density at radius 2 is 2.12 bits per heavy atom. The van der Waals surface area contributed by atoms with Crippen molar-refractivity contribution in [2.24, 2.45) is 0 Å². The van der Waals surface area contributed by atoms with E-state index >= 15 is 0 Å². The number of rotatable bonds is 1. The predicted molar refractivity (Wildman–Crippen MR) is 72.9 cm³/mol. The highest BCUT2D eigenvalue weighted by Gasteiger charge is 2.14. The van der Waals surface area contributed by atoms with Gasteiger partial charge in [0.1, 0.15) is 0 Å². The van der Waals surface area contributed by atoms with Gasteiger partial charge in [-0.2, -0.15) is 0 Å². The van der Waals surface area contributed by atoms with Crippen molar-refractivity contribution in [3.63, 3.8) is 0 Å². The standard InChI is InChI=1S/C14H15BrN2/c15-12-6-4-5-11(9-12)14-13-7-2-1-3-8-17(13)10-16-14/h4-6,9-10H,1-3,7-8H2. The van der Waals surface area contributed by atoms with E-state index in [0.717, 1.165) is 23.1 Å². The number of halogens is 1. The van der Waals surface area contributed by atoms with E-state index in [4.69, 9.17) is 0 Å². The van der Waals surface area contributed by atoms with Crippen LogP contribution in [0.3, 0.4) is 0 Å². The van der Waals surface area contributed by atoms with Crippen LogP contribution in [0.2, 0.25) is 0 Å². The van der Waals surface area contributed by atoms with Gasteiger partial charge in [-0.05, 0) is 31.4 Å². The van der Waals surface area contributed by atoms with Gasteiger partial charge >= 0.3 is 0 Å². The molecule has 2 nitrogen and oxygen atoms in total. The van der Waals surface area contributed by atoms with Crippen molar-refractivity contribution in [3.8, 4) is 11.3 Å². The van der Waals surface area contributed by atoms with E-state index in [1.807, 2.05) is 6.33 Å². The normalized spacial score (nSPS) is 15.4. The molecule has 0 saturated heterocycles. The van der Waals surface area contributed by atoms with Crippen molar-refractivity contribution in [1.29, 1.82) is 0 Å². The lowest BCUT2D eigenvalue weighted by molar-refractivity contribution is 0.632. The van der Waals surface area contributed by atoms with Crippen molar-refractivity contribution < 1.29 is 0 Å². The number of fused-ring (bicyclic) bond motifs is 1. The van der Waals surface area contributed by atoms with E-state index in [1.165, 1.54) is 30.5 Å². The van der Waals surface area contributed by atoms with Crippen LogP contribution in [0.1, 0.15) is 25.0 Å². The van der Waals surface area contributed by atoms with Crippen LogP contribution in [0.5, 0.6) is 0 Å². The maximum Gasteiger partial charge on any atom is 0.0956 e. The Hall–Kier alpha value is -1.09. The van der Waals surface area contributed by atoms with E-state index in [9.17, 15) is 0 Å². The van der Waals surface area contributed by atoms with Gasteiger partial charge in [0.15, 0.2) is 0 Å². The Balaban J connectivity index is 2.06. The second kappa shape index (κ2) is 4.65. The van der Waals surface area contributed by atoms with Crippen LogP contribution in [-0.4, -0.2) is 9.55 Å². The Bertz CT molecular complexity index is 531. The molecule has 3 heteroatoms. The van der Waals surface area contributed by atoms with Crippen LogP contribution < -0.4 is 0 Å². The van der Waals surface area contributed by atoms with Gasteiger partial charge in [0.05, 0.1) is 12.0 Å². The highest BCUT2D eigenvalue weighted by Crippen LogP contribution is 2.27. The molecule has 0 radical (unpaired) electrons. The number of aryl methyl sites for hydroxylation is 1. The number of imidazole rings is 1. The average Bonchev–Trinajstić information content (AvgIpc) is 2.59. The fraction of sp³-hybridized carbons (Fsp3) is 0.357. The largest absolute Gasteiger partial charge is 0.334 e. The lowest BCUT2D eigenvalue weighted by Crippen LogP contribution is -1.98. The summed E-state index contributed by atoms with van der Waals surface area (Å²) >= 11 is 3.52. The van der Waals surface area contributed by atoms with Gasteiger partial charge in [0.2, 0.25) is 0 Å². The van der Waals surface area contributed by atoms with E-state index in [2.05, 4.69) is 49.7 Å². The monoisotopic (exact) mass is 290 g/mol. The molecule has 0 unspecified atom stereocenters. The molecule has 0 saturated carbocycles. The van der Waals surface area contributed by atoms with Gasteiger partial charge in [-0.3, -0.25) is 0 Å². The molecule has 0 aliphatic carbocycles. The third-order valence-electron chi connectivity index (χ3n) is 3.36. The smallest absolute Gasteiger partial charge is 0.0956 e. The van der Waals surface area contributed by atoms with E-state index in [1.54, 1.807) is 0 Å². The summed E-state index contributed by atoms with van der Waals surface area (Å²) in [4.78, 5) is 4.59. The van der Waals surface area contributed by atoms with Gasteiger partial charge < -0.3 is 4.57 Å². The van der Waals surface area contributed by atoms with Gasteiger partial charge in [0.25, 0.3) is 0 Å². The van der Waals surface area contributed by atoms with E-state index in [-0.39, 0.29) is 0 Å². The summed E-state index contributed by atoms with van der Waals surface area (Å²) in [5.41, 5.74) is 3.78. The SMILES string of the molecule is Brc1cccc(-c2ncn3c2CCCCC3)c1. The maximum atomic E-state index is 4.59. The average molecular weight is 291 g/mol.